The third-order valence-corrected chi connectivity index (χ3v) is 6.47. The van der Waals surface area contributed by atoms with Crippen molar-refractivity contribution in [1.29, 1.82) is 0 Å². The number of piperidine rings is 1. The summed E-state index contributed by atoms with van der Waals surface area (Å²) >= 11 is 0. The van der Waals surface area contributed by atoms with Crippen LogP contribution in [0.5, 0.6) is 5.75 Å². The molecular weight excluding hydrogens is 522 g/mol. The maximum Gasteiger partial charge on any atom is 0.417 e. The normalized spacial score (nSPS) is 15.3. The number of para-hydroxylation sites is 1. The second-order valence-corrected chi connectivity index (χ2v) is 9.00. The van der Waals surface area contributed by atoms with E-state index in [1.165, 1.54) is 37.7 Å². The number of halogens is 4. The first-order valence-corrected chi connectivity index (χ1v) is 11.8. The summed E-state index contributed by atoms with van der Waals surface area (Å²) < 4.78 is 58.8. The van der Waals surface area contributed by atoms with Gasteiger partial charge in [0.2, 0.25) is 5.95 Å². The number of alkyl halides is 3. The van der Waals surface area contributed by atoms with E-state index in [1.54, 1.807) is 23.1 Å². The molecule has 14 heteroatoms. The van der Waals surface area contributed by atoms with Gasteiger partial charge in [-0.05, 0) is 18.2 Å². The lowest BCUT2D eigenvalue weighted by atomic mass is 9.91. The molecule has 10 nitrogen and oxygen atoms in total. The van der Waals surface area contributed by atoms with Crippen molar-refractivity contribution in [1.82, 2.24) is 19.9 Å². The number of benzene rings is 1. The van der Waals surface area contributed by atoms with Gasteiger partial charge in [-0.2, -0.15) is 18.2 Å². The number of aliphatic hydroxyl groups is 1. The van der Waals surface area contributed by atoms with Gasteiger partial charge in [0.1, 0.15) is 17.3 Å². The van der Waals surface area contributed by atoms with Gasteiger partial charge in [-0.1, -0.05) is 12.1 Å². The van der Waals surface area contributed by atoms with Crippen LogP contribution in [0.25, 0.3) is 10.9 Å². The van der Waals surface area contributed by atoms with E-state index in [1.807, 2.05) is 0 Å². The third kappa shape index (κ3) is 5.27. The van der Waals surface area contributed by atoms with Crippen LogP contribution in [-0.4, -0.2) is 57.0 Å². The lowest BCUT2D eigenvalue weighted by Crippen LogP contribution is -2.53. The fourth-order valence-corrected chi connectivity index (χ4v) is 4.31. The molecule has 1 aliphatic heterocycles. The Hall–Kier alpha value is -4.46. The zero-order valence-corrected chi connectivity index (χ0v) is 20.5. The van der Waals surface area contributed by atoms with E-state index in [9.17, 15) is 27.5 Å². The summed E-state index contributed by atoms with van der Waals surface area (Å²) in [5.74, 6) is 0.559. The van der Waals surface area contributed by atoms with Crippen LogP contribution in [0, 0.1) is 5.82 Å². The van der Waals surface area contributed by atoms with Gasteiger partial charge in [-0.3, -0.25) is 4.79 Å². The standard InChI is InChI=1S/C25H23F4N7O3/c1-39-18-12-15(13-31-21(18)36-9-6-24(38,7-10-36)25(27,28)29)32-23-30-8-5-19(34-23)33-17-11-14-3-2-4-16(26)20(14)35-22(17)37/h2-5,8,11-13,38H,6-7,9-10H2,1H3,(H,35,37)(H2,30,32,33,34). The Morgan fingerprint density at radius 3 is 2.62 bits per heavy atom. The predicted octanol–water partition coefficient (Wildman–Crippen LogP) is 4.24. The molecule has 1 aliphatic rings. The molecule has 0 amide bonds. The molecule has 0 spiro atoms. The number of hydrogen-bond acceptors (Lipinski definition) is 9. The Morgan fingerprint density at radius 1 is 1.13 bits per heavy atom. The van der Waals surface area contributed by atoms with Gasteiger partial charge >= 0.3 is 6.18 Å². The van der Waals surface area contributed by atoms with Crippen molar-refractivity contribution >= 4 is 39.9 Å². The van der Waals surface area contributed by atoms with Crippen molar-refractivity contribution in [3.63, 3.8) is 0 Å². The summed E-state index contributed by atoms with van der Waals surface area (Å²) in [4.78, 5) is 29.4. The second-order valence-electron chi connectivity index (χ2n) is 9.00. The van der Waals surface area contributed by atoms with Crippen LogP contribution in [0.2, 0.25) is 0 Å². The summed E-state index contributed by atoms with van der Waals surface area (Å²) in [7, 11) is 1.41. The van der Waals surface area contributed by atoms with E-state index in [-0.39, 0.29) is 36.1 Å². The minimum atomic E-state index is -4.70. The molecule has 5 rings (SSSR count). The van der Waals surface area contributed by atoms with Crippen LogP contribution in [0.4, 0.5) is 46.5 Å². The third-order valence-electron chi connectivity index (χ3n) is 6.47. The smallest absolute Gasteiger partial charge is 0.417 e. The number of fused-ring (bicyclic) bond motifs is 1. The summed E-state index contributed by atoms with van der Waals surface area (Å²) in [6.07, 6.45) is -2.75. The second kappa shape index (κ2) is 10.0. The van der Waals surface area contributed by atoms with Gasteiger partial charge in [-0.15, -0.1) is 0 Å². The lowest BCUT2D eigenvalue weighted by Gasteiger charge is -2.39. The molecular formula is C25H23F4N7O3. The first kappa shape index (κ1) is 26.2. The van der Waals surface area contributed by atoms with Crippen molar-refractivity contribution < 1.29 is 27.4 Å². The van der Waals surface area contributed by atoms with Crippen LogP contribution in [0.15, 0.2) is 53.6 Å². The summed E-state index contributed by atoms with van der Waals surface area (Å²) in [6, 6.07) is 9.10. The monoisotopic (exact) mass is 545 g/mol. The summed E-state index contributed by atoms with van der Waals surface area (Å²) in [5.41, 5.74) is -2.55. The van der Waals surface area contributed by atoms with Crippen molar-refractivity contribution in [3.8, 4) is 5.75 Å². The van der Waals surface area contributed by atoms with E-state index in [0.29, 0.717) is 22.6 Å². The van der Waals surface area contributed by atoms with Gasteiger partial charge in [0.25, 0.3) is 5.56 Å². The molecule has 0 saturated carbocycles. The van der Waals surface area contributed by atoms with Gasteiger partial charge < -0.3 is 30.4 Å². The number of ether oxygens (including phenoxy) is 1. The highest BCUT2D eigenvalue weighted by Crippen LogP contribution is 2.40. The average Bonchev–Trinajstić information content (AvgIpc) is 2.90. The number of aromatic nitrogens is 4. The minimum absolute atomic E-state index is 0.0521. The van der Waals surface area contributed by atoms with Gasteiger partial charge in [0, 0.05) is 43.6 Å². The molecule has 4 heterocycles. The zero-order valence-electron chi connectivity index (χ0n) is 20.5. The molecule has 0 unspecified atom stereocenters. The van der Waals surface area contributed by atoms with E-state index in [4.69, 9.17) is 4.74 Å². The number of aromatic amines is 1. The molecule has 1 aromatic carbocycles. The van der Waals surface area contributed by atoms with Crippen LogP contribution in [0.3, 0.4) is 0 Å². The van der Waals surface area contributed by atoms with Crippen molar-refractivity contribution in [2.75, 3.05) is 35.7 Å². The van der Waals surface area contributed by atoms with Crippen LogP contribution in [-0.2, 0) is 0 Å². The molecule has 4 aromatic rings. The van der Waals surface area contributed by atoms with E-state index >= 15 is 0 Å². The largest absolute Gasteiger partial charge is 0.493 e. The van der Waals surface area contributed by atoms with Gasteiger partial charge in [-0.25, -0.2) is 14.4 Å². The summed E-state index contributed by atoms with van der Waals surface area (Å²) in [5, 5.41) is 16.3. The number of hydrogen-bond donors (Lipinski definition) is 4. The summed E-state index contributed by atoms with van der Waals surface area (Å²) in [6.45, 7) is -0.104. The van der Waals surface area contributed by atoms with E-state index in [2.05, 4.69) is 30.6 Å². The molecule has 39 heavy (non-hydrogen) atoms. The van der Waals surface area contributed by atoms with Crippen molar-refractivity contribution in [3.05, 3.63) is 65.0 Å². The fraction of sp³-hybridized carbons (Fsp3) is 0.280. The molecule has 4 N–H and O–H groups in total. The maximum absolute atomic E-state index is 14.0. The quantitative estimate of drug-likeness (QED) is 0.263. The van der Waals surface area contributed by atoms with E-state index in [0.717, 1.165) is 0 Å². The van der Waals surface area contributed by atoms with E-state index < -0.39 is 36.0 Å². The molecule has 0 atom stereocenters. The van der Waals surface area contributed by atoms with Gasteiger partial charge in [0.05, 0.1) is 24.5 Å². The Balaban J connectivity index is 1.31. The number of methoxy groups -OCH3 is 1. The average molecular weight is 545 g/mol. The minimum Gasteiger partial charge on any atom is -0.493 e. The number of nitrogens with zero attached hydrogens (tertiary/aromatic N) is 4. The fourth-order valence-electron chi connectivity index (χ4n) is 4.31. The Morgan fingerprint density at radius 2 is 1.90 bits per heavy atom. The number of nitrogens with one attached hydrogen (secondary N) is 3. The van der Waals surface area contributed by atoms with Crippen LogP contribution >= 0.6 is 0 Å². The highest BCUT2D eigenvalue weighted by Gasteiger charge is 2.54. The SMILES string of the molecule is COc1cc(Nc2nccc(Nc3cc4cccc(F)c4[nH]c3=O)n2)cnc1N1CCC(O)(C(F)(F)F)CC1. The molecule has 3 aromatic heterocycles. The molecule has 0 bridgehead atoms. The Labute approximate surface area is 218 Å². The first-order valence-electron chi connectivity index (χ1n) is 11.8. The molecule has 0 radical (unpaired) electrons. The lowest BCUT2D eigenvalue weighted by molar-refractivity contribution is -0.266. The van der Waals surface area contributed by atoms with Crippen LogP contribution in [0.1, 0.15) is 12.8 Å². The van der Waals surface area contributed by atoms with Crippen molar-refractivity contribution in [2.24, 2.45) is 0 Å². The predicted molar refractivity (Wildman–Crippen MR) is 136 cm³/mol. The van der Waals surface area contributed by atoms with Gasteiger partial charge in [0.15, 0.2) is 17.2 Å². The number of rotatable bonds is 6. The Kier molecular flexibility index (Phi) is 6.72. The highest BCUT2D eigenvalue weighted by molar-refractivity contribution is 5.82. The molecule has 0 aliphatic carbocycles. The molecule has 1 fully saturated rings. The molecule has 204 valence electrons. The van der Waals surface area contributed by atoms with Crippen LogP contribution < -0.4 is 25.8 Å². The molecule has 1 saturated heterocycles. The topological polar surface area (TPSA) is 128 Å². The van der Waals surface area contributed by atoms with Crippen molar-refractivity contribution in [2.45, 2.75) is 24.6 Å². The number of anilines is 5. The first-order chi connectivity index (χ1) is 18.6. The maximum atomic E-state index is 14.0. The number of H-pyrrole nitrogens is 1. The number of pyridine rings is 2. The zero-order chi connectivity index (χ0) is 27.8. The highest BCUT2D eigenvalue weighted by atomic mass is 19.4. The Bertz CT molecular complexity index is 1570.